The van der Waals surface area contributed by atoms with Crippen LogP contribution in [0.4, 0.5) is 0 Å². The molecule has 0 amide bonds. The molecule has 0 aromatic rings. The normalized spacial score (nSPS) is 42.9. The van der Waals surface area contributed by atoms with Gasteiger partial charge in [-0.25, -0.2) is 9.59 Å². The highest BCUT2D eigenvalue weighted by atomic mass is 16.6. The molecule has 1 spiro atoms. The Kier molecular flexibility index (Phi) is 3.19. The lowest BCUT2D eigenvalue weighted by Crippen LogP contribution is -2.41. The van der Waals surface area contributed by atoms with Gasteiger partial charge in [0.25, 0.3) is 0 Å². The summed E-state index contributed by atoms with van der Waals surface area (Å²) in [5.74, 6) is 0.699. The van der Waals surface area contributed by atoms with Gasteiger partial charge in [-0.3, -0.25) is 0 Å². The highest BCUT2D eigenvalue weighted by Gasteiger charge is 2.73. The van der Waals surface area contributed by atoms with E-state index in [9.17, 15) is 9.59 Å². The van der Waals surface area contributed by atoms with E-state index in [1.165, 1.54) is 19.3 Å². The molecule has 21 heavy (non-hydrogen) atoms. The Morgan fingerprint density at radius 3 is 2.67 bits per heavy atom. The monoisotopic (exact) mass is 292 g/mol. The van der Waals surface area contributed by atoms with Crippen LogP contribution in [-0.2, 0) is 19.1 Å². The Hall–Kier alpha value is -1.32. The van der Waals surface area contributed by atoms with Gasteiger partial charge in [-0.05, 0) is 56.8 Å². The maximum absolute atomic E-state index is 12.0. The Balaban J connectivity index is 1.61. The average Bonchev–Trinajstić information content (AvgIpc) is 3.04. The molecule has 3 aliphatic rings. The van der Waals surface area contributed by atoms with Crippen molar-refractivity contribution in [3.05, 3.63) is 12.2 Å². The summed E-state index contributed by atoms with van der Waals surface area (Å²) in [7, 11) is 0. The second kappa shape index (κ2) is 4.59. The van der Waals surface area contributed by atoms with Crippen LogP contribution in [0.25, 0.3) is 0 Å². The second-order valence-electron chi connectivity index (χ2n) is 7.58. The molecule has 0 N–H and O–H groups in total. The summed E-state index contributed by atoms with van der Waals surface area (Å²) in [6.45, 7) is 9.11. The number of hydrogen-bond acceptors (Lipinski definition) is 4. The first-order valence-corrected chi connectivity index (χ1v) is 7.81. The number of fused-ring (bicyclic) bond motifs is 1. The number of esters is 2. The Labute approximate surface area is 125 Å². The van der Waals surface area contributed by atoms with Crippen LogP contribution in [0.5, 0.6) is 0 Å². The van der Waals surface area contributed by atoms with E-state index in [4.69, 9.17) is 9.47 Å². The first-order chi connectivity index (χ1) is 9.77. The minimum Gasteiger partial charge on any atom is -0.456 e. The van der Waals surface area contributed by atoms with E-state index in [2.05, 4.69) is 20.4 Å². The molecule has 3 fully saturated rings. The number of carbonyl (C=O) groups is 2. The number of carbonyl (C=O) groups excluding carboxylic acids is 2. The van der Waals surface area contributed by atoms with Crippen molar-refractivity contribution in [2.45, 2.75) is 52.1 Å². The third-order valence-electron chi connectivity index (χ3n) is 5.79. The van der Waals surface area contributed by atoms with Crippen molar-refractivity contribution < 1.29 is 19.1 Å². The molecular weight excluding hydrogens is 268 g/mol. The Morgan fingerprint density at radius 2 is 2.00 bits per heavy atom. The summed E-state index contributed by atoms with van der Waals surface area (Å²) in [6, 6.07) is 0. The van der Waals surface area contributed by atoms with Gasteiger partial charge >= 0.3 is 11.9 Å². The van der Waals surface area contributed by atoms with E-state index < -0.39 is 11.9 Å². The van der Waals surface area contributed by atoms with Crippen molar-refractivity contribution in [3.63, 3.8) is 0 Å². The molecule has 3 rings (SSSR count). The molecule has 0 aromatic carbocycles. The maximum Gasteiger partial charge on any atom is 0.344 e. The fraction of sp³-hybridized carbons (Fsp3) is 0.765. The van der Waals surface area contributed by atoms with Crippen LogP contribution in [0, 0.1) is 23.2 Å². The van der Waals surface area contributed by atoms with Crippen LogP contribution >= 0.6 is 0 Å². The van der Waals surface area contributed by atoms with E-state index in [-0.39, 0.29) is 12.2 Å². The first kappa shape index (κ1) is 14.6. The first-order valence-electron chi connectivity index (χ1n) is 7.81. The lowest BCUT2D eigenvalue weighted by atomic mass is 9.74. The molecule has 5 atom stereocenters. The Morgan fingerprint density at radius 1 is 1.29 bits per heavy atom. The van der Waals surface area contributed by atoms with E-state index >= 15 is 0 Å². The van der Waals surface area contributed by atoms with Crippen molar-refractivity contribution in [3.8, 4) is 0 Å². The summed E-state index contributed by atoms with van der Waals surface area (Å²) in [4.78, 5) is 23.4. The second-order valence-corrected chi connectivity index (χ2v) is 7.58. The lowest BCUT2D eigenvalue weighted by Gasteiger charge is -2.36. The summed E-state index contributed by atoms with van der Waals surface area (Å²) in [5.41, 5.74) is 0.365. The topological polar surface area (TPSA) is 52.6 Å². The molecule has 0 aliphatic heterocycles. The van der Waals surface area contributed by atoms with Gasteiger partial charge in [0.2, 0.25) is 0 Å². The smallest absolute Gasteiger partial charge is 0.344 e. The van der Waals surface area contributed by atoms with Gasteiger partial charge < -0.3 is 9.47 Å². The maximum atomic E-state index is 12.0. The average molecular weight is 292 g/mol. The largest absolute Gasteiger partial charge is 0.456 e. The summed E-state index contributed by atoms with van der Waals surface area (Å²) < 4.78 is 10.7. The molecular formula is C17H24O4. The molecule has 0 saturated heterocycles. The van der Waals surface area contributed by atoms with E-state index in [1.54, 1.807) is 6.92 Å². The molecule has 3 aliphatic carbocycles. The molecule has 4 heteroatoms. The van der Waals surface area contributed by atoms with Crippen molar-refractivity contribution in [2.24, 2.45) is 23.2 Å². The minimum absolute atomic E-state index is 0.292. The van der Waals surface area contributed by atoms with Gasteiger partial charge in [0, 0.05) is 11.5 Å². The molecule has 0 radical (unpaired) electrons. The zero-order chi connectivity index (χ0) is 15.4. The van der Waals surface area contributed by atoms with Gasteiger partial charge in [-0.2, -0.15) is 0 Å². The summed E-state index contributed by atoms with van der Waals surface area (Å²) in [6.07, 6.45) is 4.78. The van der Waals surface area contributed by atoms with Crippen LogP contribution in [0.1, 0.15) is 46.5 Å². The lowest BCUT2D eigenvalue weighted by molar-refractivity contribution is -0.173. The van der Waals surface area contributed by atoms with Crippen LogP contribution < -0.4 is 0 Å². The Bertz CT molecular complexity index is 511. The minimum atomic E-state index is -0.543. The molecule has 116 valence electrons. The SMILES string of the molecule is C=C(C)C(=O)OCC(=O)OC1(C)C2CC(C)CC3(C2)CC31. The molecule has 3 saturated carbocycles. The van der Waals surface area contributed by atoms with E-state index in [0.717, 1.165) is 12.3 Å². The zero-order valence-electron chi connectivity index (χ0n) is 13.1. The number of ether oxygens (including phenoxy) is 2. The van der Waals surface area contributed by atoms with Gasteiger partial charge in [0.1, 0.15) is 5.60 Å². The van der Waals surface area contributed by atoms with Crippen LogP contribution in [0.15, 0.2) is 12.2 Å². The third kappa shape index (κ3) is 2.29. The number of rotatable bonds is 4. The van der Waals surface area contributed by atoms with Gasteiger partial charge in [-0.1, -0.05) is 13.5 Å². The molecule has 2 bridgehead atoms. The highest BCUT2D eigenvalue weighted by Crippen LogP contribution is 2.76. The standard InChI is InChI=1S/C17H24O4/c1-10(2)15(19)20-9-14(18)21-16(4)12-5-11(3)6-17(7-12)8-13(16)17/h11-13H,1,5-9H2,2-4H3. The molecule has 5 unspecified atom stereocenters. The fourth-order valence-corrected chi connectivity index (χ4v) is 4.93. The van der Waals surface area contributed by atoms with Crippen LogP contribution in [-0.4, -0.2) is 24.1 Å². The van der Waals surface area contributed by atoms with Gasteiger partial charge in [0.15, 0.2) is 6.61 Å². The van der Waals surface area contributed by atoms with Gasteiger partial charge in [-0.15, -0.1) is 0 Å². The number of hydrogen-bond donors (Lipinski definition) is 0. The van der Waals surface area contributed by atoms with Crippen molar-refractivity contribution in [1.82, 2.24) is 0 Å². The molecule has 0 aromatic heterocycles. The molecule has 0 heterocycles. The van der Waals surface area contributed by atoms with E-state index in [0.29, 0.717) is 22.8 Å². The summed E-state index contributed by atoms with van der Waals surface area (Å²) >= 11 is 0. The molecule has 4 nitrogen and oxygen atoms in total. The van der Waals surface area contributed by atoms with Crippen molar-refractivity contribution in [1.29, 1.82) is 0 Å². The van der Waals surface area contributed by atoms with Crippen molar-refractivity contribution in [2.75, 3.05) is 6.61 Å². The van der Waals surface area contributed by atoms with Crippen LogP contribution in [0.3, 0.4) is 0 Å². The predicted molar refractivity (Wildman–Crippen MR) is 77.3 cm³/mol. The zero-order valence-corrected chi connectivity index (χ0v) is 13.1. The quantitative estimate of drug-likeness (QED) is 0.590. The van der Waals surface area contributed by atoms with Gasteiger partial charge in [0.05, 0.1) is 0 Å². The fourth-order valence-electron chi connectivity index (χ4n) is 4.93. The predicted octanol–water partition coefficient (Wildman–Crippen LogP) is 2.86. The van der Waals surface area contributed by atoms with Crippen molar-refractivity contribution >= 4 is 11.9 Å². The third-order valence-corrected chi connectivity index (χ3v) is 5.79. The van der Waals surface area contributed by atoms with Crippen LogP contribution in [0.2, 0.25) is 0 Å². The summed E-state index contributed by atoms with van der Waals surface area (Å²) in [5, 5.41) is 0. The van der Waals surface area contributed by atoms with E-state index in [1.807, 2.05) is 0 Å². The highest BCUT2D eigenvalue weighted by molar-refractivity contribution is 5.88.